The number of carbonyl (C=O) groups excluding carboxylic acids is 1. The Morgan fingerprint density at radius 3 is 2.22 bits per heavy atom. The summed E-state index contributed by atoms with van der Waals surface area (Å²) in [6, 6.07) is 22.9. The summed E-state index contributed by atoms with van der Waals surface area (Å²) in [5, 5.41) is 0. The molecule has 1 amide bonds. The number of amidine groups is 1. The molecule has 0 atom stereocenters. The average molecular weight is 421 g/mol. The van der Waals surface area contributed by atoms with Gasteiger partial charge in [0.15, 0.2) is 0 Å². The quantitative estimate of drug-likeness (QED) is 0.520. The predicted octanol–water partition coefficient (Wildman–Crippen LogP) is 5.42. The summed E-state index contributed by atoms with van der Waals surface area (Å²) < 4.78 is 14.3. The van der Waals surface area contributed by atoms with Crippen molar-refractivity contribution in [3.05, 3.63) is 106 Å². The van der Waals surface area contributed by atoms with Crippen LogP contribution in [0.3, 0.4) is 0 Å². The van der Waals surface area contributed by atoms with Gasteiger partial charge in [-0.2, -0.15) is 0 Å². The molecule has 0 unspecified atom stereocenters. The highest BCUT2D eigenvalue weighted by molar-refractivity contribution is 9.10. The molecule has 0 radical (unpaired) electrons. The second kappa shape index (κ2) is 7.29. The average Bonchev–Trinajstić information content (AvgIpc) is 3.01. The van der Waals surface area contributed by atoms with Crippen molar-refractivity contribution in [3.63, 3.8) is 0 Å². The molecule has 1 aliphatic heterocycles. The minimum Gasteiger partial charge on any atom is -0.266 e. The van der Waals surface area contributed by atoms with Crippen LogP contribution in [0, 0.1) is 5.82 Å². The molecule has 0 aromatic heterocycles. The van der Waals surface area contributed by atoms with Crippen LogP contribution >= 0.6 is 15.9 Å². The Morgan fingerprint density at radius 1 is 0.889 bits per heavy atom. The maximum Gasteiger partial charge on any atom is 0.282 e. The van der Waals surface area contributed by atoms with E-state index in [9.17, 15) is 9.18 Å². The van der Waals surface area contributed by atoms with Gasteiger partial charge in [-0.05, 0) is 60.2 Å². The Balaban J connectivity index is 1.81. The topological polar surface area (TPSA) is 32.7 Å². The van der Waals surface area contributed by atoms with Gasteiger partial charge in [-0.3, -0.25) is 9.69 Å². The van der Waals surface area contributed by atoms with Crippen LogP contribution in [-0.2, 0) is 4.79 Å². The van der Waals surface area contributed by atoms with Crippen LogP contribution in [0.5, 0.6) is 0 Å². The van der Waals surface area contributed by atoms with Crippen molar-refractivity contribution >= 4 is 39.4 Å². The number of benzene rings is 3. The summed E-state index contributed by atoms with van der Waals surface area (Å²) in [7, 11) is 0. The monoisotopic (exact) mass is 420 g/mol. The fourth-order valence-electron chi connectivity index (χ4n) is 2.84. The zero-order chi connectivity index (χ0) is 18.8. The number of rotatable bonds is 3. The standard InChI is InChI=1S/C22H14BrFN2O/c23-17-10-6-15(7-11-17)14-20-22(27)26(19-4-2-1-3-5-19)21(25-20)16-8-12-18(24)13-9-16/h1-14H/b20-14-. The summed E-state index contributed by atoms with van der Waals surface area (Å²) >= 11 is 3.40. The van der Waals surface area contributed by atoms with E-state index < -0.39 is 0 Å². The highest BCUT2D eigenvalue weighted by atomic mass is 79.9. The molecule has 0 saturated heterocycles. The van der Waals surface area contributed by atoms with Gasteiger partial charge in [0.1, 0.15) is 17.3 Å². The molecule has 0 fully saturated rings. The van der Waals surface area contributed by atoms with Crippen molar-refractivity contribution < 1.29 is 9.18 Å². The third-order valence-electron chi connectivity index (χ3n) is 4.15. The van der Waals surface area contributed by atoms with Crippen molar-refractivity contribution in [3.8, 4) is 0 Å². The second-order valence-corrected chi connectivity index (χ2v) is 6.92. The van der Waals surface area contributed by atoms with Gasteiger partial charge in [0.25, 0.3) is 5.91 Å². The first-order chi connectivity index (χ1) is 13.1. The molecular formula is C22H14BrFN2O. The van der Waals surface area contributed by atoms with Crippen LogP contribution in [0.4, 0.5) is 10.1 Å². The molecule has 1 aliphatic rings. The minimum absolute atomic E-state index is 0.219. The first-order valence-corrected chi connectivity index (χ1v) is 9.12. The van der Waals surface area contributed by atoms with Gasteiger partial charge in [0.05, 0.1) is 5.69 Å². The van der Waals surface area contributed by atoms with Gasteiger partial charge < -0.3 is 0 Å². The molecule has 0 spiro atoms. The zero-order valence-electron chi connectivity index (χ0n) is 14.1. The number of hydrogen-bond donors (Lipinski definition) is 0. The van der Waals surface area contributed by atoms with Crippen molar-refractivity contribution in [1.82, 2.24) is 0 Å². The zero-order valence-corrected chi connectivity index (χ0v) is 15.7. The van der Waals surface area contributed by atoms with Gasteiger partial charge >= 0.3 is 0 Å². The van der Waals surface area contributed by atoms with E-state index in [1.54, 1.807) is 23.1 Å². The van der Waals surface area contributed by atoms with Gasteiger partial charge in [-0.25, -0.2) is 9.38 Å². The third kappa shape index (κ3) is 3.59. The van der Waals surface area contributed by atoms with Crippen LogP contribution in [0.1, 0.15) is 11.1 Å². The molecule has 132 valence electrons. The minimum atomic E-state index is -0.333. The van der Waals surface area contributed by atoms with E-state index in [1.807, 2.05) is 54.6 Å². The van der Waals surface area contributed by atoms with Gasteiger partial charge in [0, 0.05) is 10.0 Å². The van der Waals surface area contributed by atoms with Crippen molar-refractivity contribution in [2.24, 2.45) is 4.99 Å². The number of amides is 1. The molecule has 5 heteroatoms. The van der Waals surface area contributed by atoms with E-state index in [2.05, 4.69) is 20.9 Å². The molecule has 0 bridgehead atoms. The lowest BCUT2D eigenvalue weighted by Gasteiger charge is -2.18. The van der Waals surface area contributed by atoms with Crippen LogP contribution in [0.15, 0.2) is 94.0 Å². The number of anilines is 1. The van der Waals surface area contributed by atoms with Crippen molar-refractivity contribution in [2.75, 3.05) is 4.90 Å². The molecule has 3 aromatic rings. The highest BCUT2D eigenvalue weighted by Gasteiger charge is 2.32. The van der Waals surface area contributed by atoms with Crippen LogP contribution in [0.2, 0.25) is 0 Å². The summed E-state index contributed by atoms with van der Waals surface area (Å²) in [4.78, 5) is 19.2. The maximum atomic E-state index is 13.3. The van der Waals surface area contributed by atoms with E-state index in [-0.39, 0.29) is 11.7 Å². The first kappa shape index (κ1) is 17.4. The summed E-state index contributed by atoms with van der Waals surface area (Å²) in [5.41, 5.74) is 2.59. The number of nitrogens with zero attached hydrogens (tertiary/aromatic N) is 2. The predicted molar refractivity (Wildman–Crippen MR) is 109 cm³/mol. The Bertz CT molecular complexity index is 1040. The lowest BCUT2D eigenvalue weighted by Crippen LogP contribution is -2.32. The maximum absolute atomic E-state index is 13.3. The summed E-state index contributed by atoms with van der Waals surface area (Å²) in [5.74, 6) is -0.0708. The van der Waals surface area contributed by atoms with Gasteiger partial charge in [0.2, 0.25) is 0 Å². The number of halogens is 2. The SMILES string of the molecule is O=C1/C(=C/c2ccc(Br)cc2)N=C(c2ccc(F)cc2)N1c1ccccc1. The molecule has 3 nitrogen and oxygen atoms in total. The Kier molecular flexibility index (Phi) is 4.69. The number of hydrogen-bond acceptors (Lipinski definition) is 2. The normalized spacial score (nSPS) is 15.3. The Hall–Kier alpha value is -3.05. The van der Waals surface area contributed by atoms with Crippen LogP contribution in [0.25, 0.3) is 6.08 Å². The van der Waals surface area contributed by atoms with Crippen LogP contribution in [-0.4, -0.2) is 11.7 Å². The Labute approximate surface area is 164 Å². The molecular weight excluding hydrogens is 407 g/mol. The fraction of sp³-hybridized carbons (Fsp3) is 0. The number of para-hydroxylation sites is 1. The van der Waals surface area contributed by atoms with Gasteiger partial charge in [-0.1, -0.05) is 46.3 Å². The lowest BCUT2D eigenvalue weighted by atomic mass is 10.1. The van der Waals surface area contributed by atoms with E-state index in [0.29, 0.717) is 22.8 Å². The van der Waals surface area contributed by atoms with Crippen molar-refractivity contribution in [1.29, 1.82) is 0 Å². The Morgan fingerprint density at radius 2 is 1.56 bits per heavy atom. The molecule has 0 N–H and O–H groups in total. The molecule has 0 saturated carbocycles. The number of aliphatic imine (C=N–C) groups is 1. The van der Waals surface area contributed by atoms with Gasteiger partial charge in [-0.15, -0.1) is 0 Å². The van der Waals surface area contributed by atoms with E-state index >= 15 is 0 Å². The molecule has 1 heterocycles. The molecule has 27 heavy (non-hydrogen) atoms. The fourth-order valence-corrected chi connectivity index (χ4v) is 3.11. The molecule has 0 aliphatic carbocycles. The van der Waals surface area contributed by atoms with E-state index in [0.717, 1.165) is 10.0 Å². The second-order valence-electron chi connectivity index (χ2n) is 6.00. The first-order valence-electron chi connectivity index (χ1n) is 8.33. The van der Waals surface area contributed by atoms with E-state index in [1.165, 1.54) is 12.1 Å². The van der Waals surface area contributed by atoms with E-state index in [4.69, 9.17) is 0 Å². The summed E-state index contributed by atoms with van der Waals surface area (Å²) in [6.45, 7) is 0. The molecule has 4 rings (SSSR count). The lowest BCUT2D eigenvalue weighted by molar-refractivity contribution is -0.113. The van der Waals surface area contributed by atoms with Crippen molar-refractivity contribution in [2.45, 2.75) is 0 Å². The number of carbonyl (C=O) groups is 1. The third-order valence-corrected chi connectivity index (χ3v) is 4.68. The molecule has 3 aromatic carbocycles. The largest absolute Gasteiger partial charge is 0.282 e. The highest BCUT2D eigenvalue weighted by Crippen LogP contribution is 2.28. The summed E-state index contributed by atoms with van der Waals surface area (Å²) in [6.07, 6.45) is 1.75. The van der Waals surface area contributed by atoms with Crippen LogP contribution < -0.4 is 4.90 Å². The smallest absolute Gasteiger partial charge is 0.266 e.